The van der Waals surface area contributed by atoms with Gasteiger partial charge < -0.3 is 4.98 Å². The smallest absolute Gasteiger partial charge is 0.0755 e. The maximum absolute atomic E-state index is 8.51. The van der Waals surface area contributed by atoms with Gasteiger partial charge in [0, 0.05) is 11.9 Å². The molecule has 1 rings (SSSR count). The van der Waals surface area contributed by atoms with Crippen LogP contribution < -0.4 is 0 Å². The maximum atomic E-state index is 8.51. The number of nitriles is 2. The zero-order chi connectivity index (χ0) is 8.97. The first kappa shape index (κ1) is 8.36. The number of nitrogens with one attached hydrogen (secondary N) is 1. The first-order chi connectivity index (χ1) is 5.79. The van der Waals surface area contributed by atoms with E-state index < -0.39 is 0 Å². The second kappa shape index (κ2) is 3.59. The molecule has 0 saturated carbocycles. The van der Waals surface area contributed by atoms with E-state index in [1.807, 2.05) is 13.1 Å². The van der Waals surface area contributed by atoms with Gasteiger partial charge in [0.1, 0.15) is 0 Å². The first-order valence-electron chi connectivity index (χ1n) is 3.69. The number of hydrogen-bond donors (Lipinski definition) is 1. The number of hydrogen-bond acceptors (Lipinski definition) is 2. The van der Waals surface area contributed by atoms with Gasteiger partial charge in [-0.05, 0) is 18.1 Å². The second-order valence-corrected chi connectivity index (χ2v) is 2.60. The SMILES string of the molecule is Cc1c[nH]c(CC#N)c1CC#N. The third-order valence-electron chi connectivity index (χ3n) is 1.81. The molecule has 3 nitrogen and oxygen atoms in total. The van der Waals surface area contributed by atoms with E-state index in [1.165, 1.54) is 0 Å². The lowest BCUT2D eigenvalue weighted by atomic mass is 10.1. The van der Waals surface area contributed by atoms with Crippen molar-refractivity contribution >= 4 is 0 Å². The Bertz CT molecular complexity index is 349. The van der Waals surface area contributed by atoms with Gasteiger partial charge in [-0.2, -0.15) is 10.5 Å². The molecule has 0 aliphatic carbocycles. The van der Waals surface area contributed by atoms with E-state index in [1.54, 1.807) is 0 Å². The van der Waals surface area contributed by atoms with Crippen LogP contribution in [-0.4, -0.2) is 4.98 Å². The molecule has 0 unspecified atom stereocenters. The molecule has 12 heavy (non-hydrogen) atoms. The molecule has 0 aromatic carbocycles. The van der Waals surface area contributed by atoms with Crippen LogP contribution in [-0.2, 0) is 12.8 Å². The van der Waals surface area contributed by atoms with Gasteiger partial charge in [0.2, 0.25) is 0 Å². The number of H-pyrrole nitrogens is 1. The Morgan fingerprint density at radius 3 is 2.58 bits per heavy atom. The zero-order valence-corrected chi connectivity index (χ0v) is 6.89. The van der Waals surface area contributed by atoms with Crippen LogP contribution >= 0.6 is 0 Å². The van der Waals surface area contributed by atoms with Gasteiger partial charge in [0.25, 0.3) is 0 Å². The molecule has 1 aromatic rings. The summed E-state index contributed by atoms with van der Waals surface area (Å²) in [4.78, 5) is 2.99. The highest BCUT2D eigenvalue weighted by atomic mass is 14.7. The highest BCUT2D eigenvalue weighted by molar-refractivity contribution is 5.33. The number of aromatic nitrogens is 1. The van der Waals surface area contributed by atoms with Crippen LogP contribution in [0.5, 0.6) is 0 Å². The summed E-state index contributed by atoms with van der Waals surface area (Å²) >= 11 is 0. The fourth-order valence-electron chi connectivity index (χ4n) is 1.17. The van der Waals surface area contributed by atoms with Crippen molar-refractivity contribution in [2.75, 3.05) is 0 Å². The summed E-state index contributed by atoms with van der Waals surface area (Å²) in [6.07, 6.45) is 2.57. The lowest BCUT2D eigenvalue weighted by molar-refractivity contribution is 1.10. The Balaban J connectivity index is 2.99. The quantitative estimate of drug-likeness (QED) is 0.709. The standard InChI is InChI=1S/C9H9N3/c1-7-6-12-9(3-5-11)8(7)2-4-10/h6,12H,2-3H2,1H3. The summed E-state index contributed by atoms with van der Waals surface area (Å²) in [5, 5.41) is 17.0. The molecule has 0 aliphatic rings. The van der Waals surface area contributed by atoms with Gasteiger partial charge >= 0.3 is 0 Å². The van der Waals surface area contributed by atoms with E-state index in [4.69, 9.17) is 10.5 Å². The van der Waals surface area contributed by atoms with Crippen molar-refractivity contribution in [3.8, 4) is 12.1 Å². The van der Waals surface area contributed by atoms with E-state index in [0.717, 1.165) is 16.8 Å². The summed E-state index contributed by atoms with van der Waals surface area (Å²) in [5.74, 6) is 0. The summed E-state index contributed by atoms with van der Waals surface area (Å²) in [6, 6.07) is 4.14. The van der Waals surface area contributed by atoms with Gasteiger partial charge in [-0.1, -0.05) is 0 Å². The van der Waals surface area contributed by atoms with Crippen molar-refractivity contribution in [3.05, 3.63) is 23.0 Å². The predicted octanol–water partition coefficient (Wildman–Crippen LogP) is 1.46. The minimum absolute atomic E-state index is 0.352. The molecule has 1 aromatic heterocycles. The van der Waals surface area contributed by atoms with Crippen LogP contribution in [0.25, 0.3) is 0 Å². The number of aromatic amines is 1. The lowest BCUT2D eigenvalue weighted by Crippen LogP contribution is -1.90. The van der Waals surface area contributed by atoms with Gasteiger partial charge in [-0.3, -0.25) is 0 Å². The Hall–Kier alpha value is -1.74. The number of aryl methyl sites for hydroxylation is 1. The van der Waals surface area contributed by atoms with Gasteiger partial charge in [0.05, 0.1) is 25.0 Å². The third-order valence-corrected chi connectivity index (χ3v) is 1.81. The minimum atomic E-state index is 0.352. The van der Waals surface area contributed by atoms with E-state index in [-0.39, 0.29) is 0 Å². The van der Waals surface area contributed by atoms with Crippen LogP contribution in [0.2, 0.25) is 0 Å². The Morgan fingerprint density at radius 1 is 1.33 bits per heavy atom. The Kier molecular flexibility index (Phi) is 2.50. The van der Waals surface area contributed by atoms with Crippen LogP contribution in [0, 0.1) is 29.6 Å². The highest BCUT2D eigenvalue weighted by Crippen LogP contribution is 2.13. The van der Waals surface area contributed by atoms with Crippen molar-refractivity contribution in [2.24, 2.45) is 0 Å². The van der Waals surface area contributed by atoms with Crippen LogP contribution in [0.4, 0.5) is 0 Å². The predicted molar refractivity (Wildman–Crippen MR) is 44.2 cm³/mol. The summed E-state index contributed by atoms with van der Waals surface area (Å²) < 4.78 is 0. The molecule has 0 amide bonds. The molecule has 0 bridgehead atoms. The third kappa shape index (κ3) is 1.46. The highest BCUT2D eigenvalue weighted by Gasteiger charge is 2.06. The number of rotatable bonds is 2. The summed E-state index contributed by atoms with van der Waals surface area (Å²) in [7, 11) is 0. The van der Waals surface area contributed by atoms with Crippen molar-refractivity contribution < 1.29 is 0 Å². The van der Waals surface area contributed by atoms with E-state index in [0.29, 0.717) is 12.8 Å². The summed E-state index contributed by atoms with van der Waals surface area (Å²) in [5.41, 5.74) is 2.90. The minimum Gasteiger partial charge on any atom is -0.364 e. The molecule has 0 fully saturated rings. The van der Waals surface area contributed by atoms with Crippen molar-refractivity contribution in [2.45, 2.75) is 19.8 Å². The van der Waals surface area contributed by atoms with Gasteiger partial charge in [-0.25, -0.2) is 0 Å². The summed E-state index contributed by atoms with van der Waals surface area (Å²) in [6.45, 7) is 1.93. The van der Waals surface area contributed by atoms with Crippen molar-refractivity contribution in [1.29, 1.82) is 10.5 Å². The Morgan fingerprint density at radius 2 is 2.00 bits per heavy atom. The molecule has 60 valence electrons. The van der Waals surface area contributed by atoms with Crippen molar-refractivity contribution in [3.63, 3.8) is 0 Å². The molecule has 0 aliphatic heterocycles. The first-order valence-corrected chi connectivity index (χ1v) is 3.69. The van der Waals surface area contributed by atoms with Crippen LogP contribution in [0.1, 0.15) is 16.8 Å². The largest absolute Gasteiger partial charge is 0.364 e. The molecule has 1 N–H and O–H groups in total. The average Bonchev–Trinajstić information content (AvgIpc) is 2.37. The van der Waals surface area contributed by atoms with Gasteiger partial charge in [-0.15, -0.1) is 0 Å². The molecule has 0 saturated heterocycles. The van der Waals surface area contributed by atoms with E-state index >= 15 is 0 Å². The second-order valence-electron chi connectivity index (χ2n) is 2.60. The molecule has 0 spiro atoms. The van der Waals surface area contributed by atoms with Crippen molar-refractivity contribution in [1.82, 2.24) is 4.98 Å². The molecular formula is C9H9N3. The van der Waals surface area contributed by atoms with E-state index in [9.17, 15) is 0 Å². The van der Waals surface area contributed by atoms with Crippen LogP contribution in [0.3, 0.4) is 0 Å². The fourth-order valence-corrected chi connectivity index (χ4v) is 1.17. The topological polar surface area (TPSA) is 63.4 Å². The molecule has 1 heterocycles. The fraction of sp³-hybridized carbons (Fsp3) is 0.333. The lowest BCUT2D eigenvalue weighted by Gasteiger charge is -1.94. The molecule has 3 heteroatoms. The van der Waals surface area contributed by atoms with E-state index in [2.05, 4.69) is 17.1 Å². The van der Waals surface area contributed by atoms with Crippen LogP contribution in [0.15, 0.2) is 6.20 Å². The molecule has 0 radical (unpaired) electrons. The zero-order valence-electron chi connectivity index (χ0n) is 6.89. The molecule has 0 atom stereocenters. The Labute approximate surface area is 71.3 Å². The monoisotopic (exact) mass is 159 g/mol. The average molecular weight is 159 g/mol. The van der Waals surface area contributed by atoms with Gasteiger partial charge in [0.15, 0.2) is 0 Å². The number of nitrogens with zero attached hydrogens (tertiary/aromatic N) is 2. The molecular weight excluding hydrogens is 150 g/mol. The normalized spacial score (nSPS) is 8.92. The maximum Gasteiger partial charge on any atom is 0.0755 e.